The van der Waals surface area contributed by atoms with Crippen LogP contribution in [0, 0.1) is 11.3 Å². The SMILES string of the molecule is COc1ccc(-c2csc(/C(C#N)=C\c3ccc(Br)cc3)n2)cc1. The van der Waals surface area contributed by atoms with Gasteiger partial charge in [0, 0.05) is 15.4 Å². The number of nitrogens with zero attached hydrogens (tertiary/aromatic N) is 2. The molecule has 0 saturated heterocycles. The van der Waals surface area contributed by atoms with Crippen molar-refractivity contribution in [2.24, 2.45) is 0 Å². The molecule has 2 aromatic carbocycles. The van der Waals surface area contributed by atoms with Gasteiger partial charge in [0.05, 0.1) is 18.4 Å². The van der Waals surface area contributed by atoms with Gasteiger partial charge in [0.25, 0.3) is 0 Å². The zero-order valence-electron chi connectivity index (χ0n) is 12.9. The van der Waals surface area contributed by atoms with Crippen molar-refractivity contribution < 1.29 is 4.74 Å². The lowest BCUT2D eigenvalue weighted by atomic mass is 10.1. The van der Waals surface area contributed by atoms with Crippen molar-refractivity contribution in [3.8, 4) is 23.1 Å². The topological polar surface area (TPSA) is 45.9 Å². The number of halogens is 1. The maximum Gasteiger partial charge on any atom is 0.134 e. The molecule has 0 aliphatic rings. The highest BCUT2D eigenvalue weighted by atomic mass is 79.9. The molecule has 3 aromatic rings. The molecule has 0 unspecified atom stereocenters. The number of ether oxygens (including phenoxy) is 1. The molecular formula is C19H13BrN2OS. The van der Waals surface area contributed by atoms with Crippen LogP contribution in [0.15, 0.2) is 58.4 Å². The van der Waals surface area contributed by atoms with E-state index in [9.17, 15) is 5.26 Å². The fourth-order valence-corrected chi connectivity index (χ4v) is 3.22. The van der Waals surface area contributed by atoms with Crippen LogP contribution in [0.2, 0.25) is 0 Å². The molecule has 0 spiro atoms. The third kappa shape index (κ3) is 3.73. The van der Waals surface area contributed by atoms with Gasteiger partial charge >= 0.3 is 0 Å². The maximum absolute atomic E-state index is 9.47. The van der Waals surface area contributed by atoms with Gasteiger partial charge in [0.1, 0.15) is 16.8 Å². The van der Waals surface area contributed by atoms with Crippen molar-refractivity contribution in [3.05, 3.63) is 69.0 Å². The minimum absolute atomic E-state index is 0.557. The van der Waals surface area contributed by atoms with Crippen molar-refractivity contribution in [2.75, 3.05) is 7.11 Å². The Labute approximate surface area is 153 Å². The lowest BCUT2D eigenvalue weighted by molar-refractivity contribution is 0.415. The molecule has 0 N–H and O–H groups in total. The van der Waals surface area contributed by atoms with Crippen LogP contribution in [-0.2, 0) is 0 Å². The second-order valence-corrected chi connectivity index (χ2v) is 6.76. The van der Waals surface area contributed by atoms with Gasteiger partial charge < -0.3 is 4.74 Å². The number of benzene rings is 2. The van der Waals surface area contributed by atoms with Crippen molar-refractivity contribution in [3.63, 3.8) is 0 Å². The smallest absolute Gasteiger partial charge is 0.134 e. The molecule has 0 fully saturated rings. The summed E-state index contributed by atoms with van der Waals surface area (Å²) in [5, 5.41) is 12.1. The Kier molecular flexibility index (Phi) is 5.09. The van der Waals surface area contributed by atoms with Gasteiger partial charge in [0.15, 0.2) is 0 Å². The first-order chi connectivity index (χ1) is 11.7. The summed E-state index contributed by atoms with van der Waals surface area (Å²) in [6.07, 6.45) is 1.85. The standard InChI is InChI=1S/C19H13BrN2OS/c1-23-17-8-4-14(5-9-17)18-12-24-19(22-18)15(11-21)10-13-2-6-16(20)7-3-13/h2-10,12H,1H3/b15-10-. The van der Waals surface area contributed by atoms with Crippen LogP contribution in [0.5, 0.6) is 5.75 Å². The summed E-state index contributed by atoms with van der Waals surface area (Å²) in [7, 11) is 1.64. The maximum atomic E-state index is 9.47. The van der Waals surface area contributed by atoms with Crippen LogP contribution in [-0.4, -0.2) is 12.1 Å². The van der Waals surface area contributed by atoms with Crippen LogP contribution in [0.3, 0.4) is 0 Å². The minimum Gasteiger partial charge on any atom is -0.497 e. The van der Waals surface area contributed by atoms with E-state index in [1.807, 2.05) is 60.0 Å². The number of nitriles is 1. The van der Waals surface area contributed by atoms with E-state index in [1.165, 1.54) is 11.3 Å². The van der Waals surface area contributed by atoms with Gasteiger partial charge in [-0.1, -0.05) is 28.1 Å². The number of thiazole rings is 1. The van der Waals surface area contributed by atoms with E-state index in [-0.39, 0.29) is 0 Å². The van der Waals surface area contributed by atoms with Crippen molar-refractivity contribution in [1.82, 2.24) is 4.98 Å². The molecule has 24 heavy (non-hydrogen) atoms. The first kappa shape index (κ1) is 16.4. The zero-order chi connectivity index (χ0) is 16.9. The predicted octanol–water partition coefficient (Wildman–Crippen LogP) is 5.65. The molecule has 0 aliphatic carbocycles. The predicted molar refractivity (Wildman–Crippen MR) is 102 cm³/mol. The van der Waals surface area contributed by atoms with Crippen LogP contribution < -0.4 is 4.74 Å². The van der Waals surface area contributed by atoms with E-state index in [2.05, 4.69) is 27.0 Å². The van der Waals surface area contributed by atoms with Gasteiger partial charge in [-0.15, -0.1) is 11.3 Å². The van der Waals surface area contributed by atoms with Gasteiger partial charge in [-0.05, 0) is 48.0 Å². The van der Waals surface area contributed by atoms with E-state index >= 15 is 0 Å². The average Bonchev–Trinajstić information content (AvgIpc) is 3.11. The van der Waals surface area contributed by atoms with E-state index in [4.69, 9.17) is 4.74 Å². The number of allylic oxidation sites excluding steroid dienone is 1. The molecule has 0 atom stereocenters. The molecule has 1 aromatic heterocycles. The number of methoxy groups -OCH3 is 1. The largest absolute Gasteiger partial charge is 0.497 e. The fraction of sp³-hybridized carbons (Fsp3) is 0.0526. The summed E-state index contributed by atoms with van der Waals surface area (Å²) in [6, 6.07) is 17.8. The molecule has 0 radical (unpaired) electrons. The number of hydrogen-bond donors (Lipinski definition) is 0. The highest BCUT2D eigenvalue weighted by molar-refractivity contribution is 9.10. The van der Waals surface area contributed by atoms with Gasteiger partial charge in [0.2, 0.25) is 0 Å². The van der Waals surface area contributed by atoms with Crippen molar-refractivity contribution in [2.45, 2.75) is 0 Å². The van der Waals surface area contributed by atoms with Gasteiger partial charge in [-0.3, -0.25) is 0 Å². The van der Waals surface area contributed by atoms with Crippen molar-refractivity contribution in [1.29, 1.82) is 5.26 Å². The second kappa shape index (κ2) is 7.43. The van der Waals surface area contributed by atoms with Gasteiger partial charge in [-0.2, -0.15) is 5.26 Å². The van der Waals surface area contributed by atoms with E-state index in [0.717, 1.165) is 27.0 Å². The van der Waals surface area contributed by atoms with Crippen LogP contribution in [0.1, 0.15) is 10.6 Å². The Hall–Kier alpha value is -2.42. The Morgan fingerprint density at radius 2 is 1.88 bits per heavy atom. The monoisotopic (exact) mass is 396 g/mol. The molecule has 118 valence electrons. The quantitative estimate of drug-likeness (QED) is 0.535. The minimum atomic E-state index is 0.557. The molecule has 3 nitrogen and oxygen atoms in total. The third-order valence-electron chi connectivity index (χ3n) is 3.42. The highest BCUT2D eigenvalue weighted by Gasteiger charge is 2.09. The summed E-state index contributed by atoms with van der Waals surface area (Å²) in [5.74, 6) is 0.807. The van der Waals surface area contributed by atoms with Crippen molar-refractivity contribution >= 4 is 38.9 Å². The molecular weight excluding hydrogens is 384 g/mol. The Balaban J connectivity index is 1.90. The number of hydrogen-bond acceptors (Lipinski definition) is 4. The van der Waals surface area contributed by atoms with Crippen LogP contribution in [0.4, 0.5) is 0 Å². The molecule has 0 amide bonds. The summed E-state index contributed by atoms with van der Waals surface area (Å²) in [4.78, 5) is 4.60. The average molecular weight is 397 g/mol. The van der Waals surface area contributed by atoms with E-state index < -0.39 is 0 Å². The zero-order valence-corrected chi connectivity index (χ0v) is 15.3. The Morgan fingerprint density at radius 1 is 1.17 bits per heavy atom. The number of aromatic nitrogens is 1. The third-order valence-corrected chi connectivity index (χ3v) is 4.83. The molecule has 0 aliphatic heterocycles. The Bertz CT molecular complexity index is 906. The summed E-state index contributed by atoms with van der Waals surface area (Å²) >= 11 is 4.88. The first-order valence-corrected chi connectivity index (χ1v) is 8.84. The van der Waals surface area contributed by atoms with Crippen LogP contribution >= 0.6 is 27.3 Å². The number of rotatable bonds is 4. The fourth-order valence-electron chi connectivity index (χ4n) is 2.16. The molecule has 0 bridgehead atoms. The Morgan fingerprint density at radius 3 is 2.50 bits per heavy atom. The van der Waals surface area contributed by atoms with E-state index in [0.29, 0.717) is 10.6 Å². The lowest BCUT2D eigenvalue weighted by Crippen LogP contribution is -1.84. The molecule has 5 heteroatoms. The molecule has 0 saturated carbocycles. The van der Waals surface area contributed by atoms with Crippen LogP contribution in [0.25, 0.3) is 22.9 Å². The summed E-state index contributed by atoms with van der Waals surface area (Å²) in [6.45, 7) is 0. The lowest BCUT2D eigenvalue weighted by Gasteiger charge is -2.00. The second-order valence-electron chi connectivity index (χ2n) is 4.99. The molecule has 1 heterocycles. The summed E-state index contributed by atoms with van der Waals surface area (Å²) < 4.78 is 6.18. The van der Waals surface area contributed by atoms with E-state index in [1.54, 1.807) is 7.11 Å². The normalized spacial score (nSPS) is 11.1. The molecule has 3 rings (SSSR count). The summed E-state index contributed by atoms with van der Waals surface area (Å²) in [5.41, 5.74) is 3.38. The van der Waals surface area contributed by atoms with Gasteiger partial charge in [-0.25, -0.2) is 4.98 Å². The highest BCUT2D eigenvalue weighted by Crippen LogP contribution is 2.28. The first-order valence-electron chi connectivity index (χ1n) is 7.17.